The van der Waals surface area contributed by atoms with E-state index in [1.165, 1.54) is 20.3 Å². The van der Waals surface area contributed by atoms with Crippen molar-refractivity contribution in [1.82, 2.24) is 0 Å². The van der Waals surface area contributed by atoms with Crippen molar-refractivity contribution in [1.29, 1.82) is 0 Å². The monoisotopic (exact) mass is 268 g/mol. The Morgan fingerprint density at radius 2 is 1.94 bits per heavy atom. The lowest BCUT2D eigenvalue weighted by Gasteiger charge is -2.12. The molecule has 0 unspecified atom stereocenters. The number of rotatable bonds is 4. The van der Waals surface area contributed by atoms with E-state index < -0.39 is 20.6 Å². The van der Waals surface area contributed by atoms with Gasteiger partial charge in [0.15, 0.2) is 11.6 Å². The predicted octanol–water partition coefficient (Wildman–Crippen LogP) is 1.91. The molecule has 0 saturated carbocycles. The van der Waals surface area contributed by atoms with E-state index in [-0.39, 0.29) is 17.1 Å². The molecule has 0 aliphatic heterocycles. The van der Waals surface area contributed by atoms with Gasteiger partial charge in [-0.3, -0.25) is 0 Å². The van der Waals surface area contributed by atoms with Gasteiger partial charge in [-0.05, 0) is 12.1 Å². The Balaban J connectivity index is 3.36. The second kappa shape index (κ2) is 4.88. The van der Waals surface area contributed by atoms with Crippen LogP contribution in [0.1, 0.15) is 5.56 Å². The Labute approximate surface area is 97.4 Å². The first-order chi connectivity index (χ1) is 7.39. The van der Waals surface area contributed by atoms with E-state index in [2.05, 4.69) is 0 Å². The normalized spacial score (nSPS) is 11.2. The van der Waals surface area contributed by atoms with Crippen molar-refractivity contribution in [2.75, 3.05) is 14.2 Å². The standard InChI is InChI=1S/C9H10ClFO4S/c1-14-8-4-3-7(11)9(15-2)6(8)5-16(10,12)13/h3-4H,5H2,1-2H3. The molecule has 1 rings (SSSR count). The smallest absolute Gasteiger partial charge is 0.237 e. The van der Waals surface area contributed by atoms with Crippen LogP contribution in [0.3, 0.4) is 0 Å². The minimum atomic E-state index is -3.81. The summed E-state index contributed by atoms with van der Waals surface area (Å²) < 4.78 is 45.0. The molecule has 0 spiro atoms. The molecule has 7 heteroatoms. The van der Waals surface area contributed by atoms with E-state index in [0.717, 1.165) is 6.07 Å². The van der Waals surface area contributed by atoms with Crippen molar-refractivity contribution in [3.05, 3.63) is 23.5 Å². The SMILES string of the molecule is COc1ccc(F)c(OC)c1CS(=O)(=O)Cl. The second-order valence-electron chi connectivity index (χ2n) is 2.94. The Bertz CT molecular complexity index is 487. The summed E-state index contributed by atoms with van der Waals surface area (Å²) in [5.74, 6) is -1.19. The van der Waals surface area contributed by atoms with Gasteiger partial charge in [0.25, 0.3) is 0 Å². The molecule has 1 aromatic rings. The third kappa shape index (κ3) is 2.99. The van der Waals surface area contributed by atoms with E-state index in [1.54, 1.807) is 0 Å². The first kappa shape index (κ1) is 13.1. The highest BCUT2D eigenvalue weighted by atomic mass is 35.7. The lowest BCUT2D eigenvalue weighted by atomic mass is 10.2. The van der Waals surface area contributed by atoms with Crippen LogP contribution in [-0.2, 0) is 14.8 Å². The van der Waals surface area contributed by atoms with Crippen molar-refractivity contribution in [3.8, 4) is 11.5 Å². The maximum Gasteiger partial charge on any atom is 0.237 e. The molecule has 0 amide bonds. The van der Waals surface area contributed by atoms with Crippen LogP contribution >= 0.6 is 10.7 Å². The molecule has 0 aromatic heterocycles. The fourth-order valence-electron chi connectivity index (χ4n) is 1.30. The number of halogens is 2. The largest absolute Gasteiger partial charge is 0.496 e. The molecule has 4 nitrogen and oxygen atoms in total. The molecule has 0 radical (unpaired) electrons. The number of methoxy groups -OCH3 is 2. The fourth-order valence-corrected chi connectivity index (χ4v) is 2.25. The average Bonchev–Trinajstić information content (AvgIpc) is 2.16. The van der Waals surface area contributed by atoms with Crippen LogP contribution in [0.2, 0.25) is 0 Å². The Morgan fingerprint density at radius 3 is 2.38 bits per heavy atom. The second-order valence-corrected chi connectivity index (χ2v) is 5.72. The van der Waals surface area contributed by atoms with E-state index in [1.807, 2.05) is 0 Å². The highest BCUT2D eigenvalue weighted by Crippen LogP contribution is 2.33. The zero-order valence-corrected chi connectivity index (χ0v) is 10.2. The van der Waals surface area contributed by atoms with Crippen molar-refractivity contribution in [2.45, 2.75) is 5.75 Å². The van der Waals surface area contributed by atoms with Crippen LogP contribution < -0.4 is 9.47 Å². The van der Waals surface area contributed by atoms with E-state index in [9.17, 15) is 12.8 Å². The third-order valence-corrected chi connectivity index (χ3v) is 2.87. The first-order valence-corrected chi connectivity index (χ1v) is 6.68. The molecule has 0 aliphatic carbocycles. The van der Waals surface area contributed by atoms with Crippen molar-refractivity contribution in [2.24, 2.45) is 0 Å². The molecule has 90 valence electrons. The van der Waals surface area contributed by atoms with E-state index in [4.69, 9.17) is 20.2 Å². The van der Waals surface area contributed by atoms with E-state index >= 15 is 0 Å². The van der Waals surface area contributed by atoms with Gasteiger partial charge >= 0.3 is 0 Å². The highest BCUT2D eigenvalue weighted by molar-refractivity contribution is 8.13. The summed E-state index contributed by atoms with van der Waals surface area (Å²) in [4.78, 5) is 0. The van der Waals surface area contributed by atoms with Gasteiger partial charge in [0.2, 0.25) is 9.05 Å². The molecule has 1 aromatic carbocycles. The maximum absolute atomic E-state index is 13.3. The van der Waals surface area contributed by atoms with Crippen LogP contribution in [0, 0.1) is 5.82 Å². The zero-order valence-electron chi connectivity index (χ0n) is 8.66. The van der Waals surface area contributed by atoms with Gasteiger partial charge in [-0.1, -0.05) is 0 Å². The molecule has 0 atom stereocenters. The Hall–Kier alpha value is -1.01. The average molecular weight is 269 g/mol. The van der Waals surface area contributed by atoms with Crippen LogP contribution in [-0.4, -0.2) is 22.6 Å². The number of ether oxygens (including phenoxy) is 2. The summed E-state index contributed by atoms with van der Waals surface area (Å²) in [6.07, 6.45) is 0. The molecule has 0 heterocycles. The van der Waals surface area contributed by atoms with Crippen LogP contribution in [0.25, 0.3) is 0 Å². The summed E-state index contributed by atoms with van der Waals surface area (Å²) in [7, 11) is 3.89. The molecule has 0 aliphatic rings. The Kier molecular flexibility index (Phi) is 3.98. The summed E-state index contributed by atoms with van der Waals surface area (Å²) in [5, 5.41) is 0. The minimum Gasteiger partial charge on any atom is -0.496 e. The van der Waals surface area contributed by atoms with Crippen molar-refractivity contribution >= 4 is 19.7 Å². The summed E-state index contributed by atoms with van der Waals surface area (Å²) in [5.41, 5.74) is 0.0694. The van der Waals surface area contributed by atoms with Gasteiger partial charge in [-0.25, -0.2) is 12.8 Å². The predicted molar refractivity (Wildman–Crippen MR) is 58.0 cm³/mol. The van der Waals surface area contributed by atoms with Crippen molar-refractivity contribution in [3.63, 3.8) is 0 Å². The molecule has 0 bridgehead atoms. The summed E-state index contributed by atoms with van der Waals surface area (Å²) in [6.45, 7) is 0. The van der Waals surface area contributed by atoms with Gasteiger partial charge < -0.3 is 9.47 Å². The number of hydrogen-bond acceptors (Lipinski definition) is 4. The van der Waals surface area contributed by atoms with Crippen molar-refractivity contribution < 1.29 is 22.3 Å². The summed E-state index contributed by atoms with van der Waals surface area (Å²) in [6, 6.07) is 2.44. The summed E-state index contributed by atoms with van der Waals surface area (Å²) >= 11 is 0. The van der Waals surface area contributed by atoms with Gasteiger partial charge in [0, 0.05) is 10.7 Å². The highest BCUT2D eigenvalue weighted by Gasteiger charge is 2.20. The molecule has 0 saturated heterocycles. The molecule has 0 fully saturated rings. The van der Waals surface area contributed by atoms with E-state index in [0.29, 0.717) is 0 Å². The fraction of sp³-hybridized carbons (Fsp3) is 0.333. The topological polar surface area (TPSA) is 52.6 Å². The third-order valence-electron chi connectivity index (χ3n) is 1.91. The number of benzene rings is 1. The number of hydrogen-bond donors (Lipinski definition) is 0. The quantitative estimate of drug-likeness (QED) is 0.783. The molecular weight excluding hydrogens is 259 g/mol. The lowest BCUT2D eigenvalue weighted by molar-refractivity contribution is 0.368. The van der Waals surface area contributed by atoms with Gasteiger partial charge in [-0.15, -0.1) is 0 Å². The van der Waals surface area contributed by atoms with Crippen LogP contribution in [0.15, 0.2) is 12.1 Å². The first-order valence-electron chi connectivity index (χ1n) is 4.20. The lowest BCUT2D eigenvalue weighted by Crippen LogP contribution is -2.03. The molecule has 16 heavy (non-hydrogen) atoms. The zero-order chi connectivity index (χ0) is 12.3. The van der Waals surface area contributed by atoms with Gasteiger partial charge in [0.05, 0.1) is 25.5 Å². The minimum absolute atomic E-state index is 0.0694. The molecule has 0 N–H and O–H groups in total. The maximum atomic E-state index is 13.3. The van der Waals surface area contributed by atoms with Gasteiger partial charge in [0.1, 0.15) is 5.75 Å². The molecular formula is C9H10ClFO4S. The van der Waals surface area contributed by atoms with Crippen LogP contribution in [0.4, 0.5) is 4.39 Å². The van der Waals surface area contributed by atoms with Gasteiger partial charge in [-0.2, -0.15) is 0 Å². The Morgan fingerprint density at radius 1 is 1.31 bits per heavy atom. The van der Waals surface area contributed by atoms with Crippen LogP contribution in [0.5, 0.6) is 11.5 Å².